The molecule has 0 bridgehead atoms. The monoisotopic (exact) mass is 328 g/mol. The summed E-state index contributed by atoms with van der Waals surface area (Å²) in [7, 11) is 0. The maximum absolute atomic E-state index is 11.9. The van der Waals surface area contributed by atoms with Crippen LogP contribution in [0.4, 0.5) is 5.69 Å². The first-order valence-corrected chi connectivity index (χ1v) is 6.71. The van der Waals surface area contributed by atoms with Crippen molar-refractivity contribution < 1.29 is 9.53 Å². The molecule has 0 saturated carbocycles. The quantitative estimate of drug-likeness (QED) is 0.863. The fraction of sp³-hybridized carbons (Fsp3) is 0.333. The Kier molecular flexibility index (Phi) is 3.87. The number of hydrogen-bond donors (Lipinski definition) is 1. The Balaban J connectivity index is 2.32. The van der Waals surface area contributed by atoms with Crippen LogP contribution in [0.15, 0.2) is 22.7 Å². The SMILES string of the molecule is CC(CN1C(=O)COc2ccc(Br)cc21)C(N)=S. The summed E-state index contributed by atoms with van der Waals surface area (Å²) >= 11 is 8.34. The standard InChI is InChI=1S/C12H13BrN2O2S/c1-7(12(14)18)5-15-9-4-8(13)2-3-10(9)17-6-11(15)16/h2-4,7H,5-6H2,1H3,(H2,14,18). The van der Waals surface area contributed by atoms with Gasteiger partial charge in [-0.1, -0.05) is 35.1 Å². The van der Waals surface area contributed by atoms with E-state index in [4.69, 9.17) is 22.7 Å². The lowest BCUT2D eigenvalue weighted by atomic mass is 10.1. The van der Waals surface area contributed by atoms with E-state index in [1.165, 1.54) is 0 Å². The topological polar surface area (TPSA) is 55.6 Å². The maximum Gasteiger partial charge on any atom is 0.265 e. The molecule has 0 spiro atoms. The number of amides is 1. The molecule has 1 aromatic rings. The summed E-state index contributed by atoms with van der Waals surface area (Å²) in [5, 5.41) is 0. The van der Waals surface area contributed by atoms with Gasteiger partial charge in [0.25, 0.3) is 5.91 Å². The lowest BCUT2D eigenvalue weighted by Crippen LogP contribution is -2.43. The van der Waals surface area contributed by atoms with Crippen molar-refractivity contribution in [1.82, 2.24) is 0 Å². The third-order valence-electron chi connectivity index (χ3n) is 2.81. The van der Waals surface area contributed by atoms with E-state index in [1.807, 2.05) is 25.1 Å². The van der Waals surface area contributed by atoms with Crippen molar-refractivity contribution in [3.8, 4) is 5.75 Å². The molecule has 1 amide bonds. The highest BCUT2D eigenvalue weighted by atomic mass is 79.9. The van der Waals surface area contributed by atoms with Crippen LogP contribution in [0, 0.1) is 5.92 Å². The zero-order chi connectivity index (χ0) is 13.3. The molecule has 6 heteroatoms. The summed E-state index contributed by atoms with van der Waals surface area (Å²) in [5.41, 5.74) is 6.35. The average molecular weight is 329 g/mol. The van der Waals surface area contributed by atoms with Gasteiger partial charge in [-0.2, -0.15) is 0 Å². The summed E-state index contributed by atoms with van der Waals surface area (Å²) in [4.78, 5) is 14.0. The third kappa shape index (κ3) is 2.64. The number of benzene rings is 1. The molecule has 1 aromatic carbocycles. The van der Waals surface area contributed by atoms with Gasteiger partial charge in [-0.05, 0) is 18.2 Å². The Morgan fingerprint density at radius 2 is 2.39 bits per heavy atom. The van der Waals surface area contributed by atoms with Gasteiger partial charge in [-0.15, -0.1) is 0 Å². The van der Waals surface area contributed by atoms with E-state index in [0.717, 1.165) is 10.2 Å². The highest BCUT2D eigenvalue weighted by Crippen LogP contribution is 2.34. The van der Waals surface area contributed by atoms with Crippen LogP contribution in [-0.4, -0.2) is 24.0 Å². The molecule has 2 rings (SSSR count). The third-order valence-corrected chi connectivity index (χ3v) is 3.70. The molecule has 0 fully saturated rings. The first-order valence-electron chi connectivity index (χ1n) is 5.51. The minimum atomic E-state index is -0.0799. The Bertz CT molecular complexity index is 507. The van der Waals surface area contributed by atoms with E-state index in [9.17, 15) is 4.79 Å². The molecular weight excluding hydrogens is 316 g/mol. The molecular formula is C12H13BrN2O2S. The van der Waals surface area contributed by atoms with Crippen molar-refractivity contribution in [2.75, 3.05) is 18.1 Å². The van der Waals surface area contributed by atoms with Crippen molar-refractivity contribution in [3.63, 3.8) is 0 Å². The largest absolute Gasteiger partial charge is 0.482 e. The van der Waals surface area contributed by atoms with Crippen LogP contribution in [0.2, 0.25) is 0 Å². The predicted molar refractivity (Wildman–Crippen MR) is 77.9 cm³/mol. The van der Waals surface area contributed by atoms with Crippen LogP contribution in [0.25, 0.3) is 0 Å². The van der Waals surface area contributed by atoms with E-state index in [2.05, 4.69) is 15.9 Å². The lowest BCUT2D eigenvalue weighted by molar-refractivity contribution is -0.121. The molecule has 4 nitrogen and oxygen atoms in total. The number of halogens is 1. The van der Waals surface area contributed by atoms with Gasteiger partial charge in [0, 0.05) is 16.9 Å². The highest BCUT2D eigenvalue weighted by molar-refractivity contribution is 9.10. The fourth-order valence-electron chi connectivity index (χ4n) is 1.74. The second-order valence-corrected chi connectivity index (χ2v) is 5.60. The summed E-state index contributed by atoms with van der Waals surface area (Å²) in [6, 6.07) is 5.58. The number of fused-ring (bicyclic) bond motifs is 1. The van der Waals surface area contributed by atoms with Gasteiger partial charge in [-0.25, -0.2) is 0 Å². The highest BCUT2D eigenvalue weighted by Gasteiger charge is 2.27. The second-order valence-electron chi connectivity index (χ2n) is 4.21. The number of ether oxygens (including phenoxy) is 1. The summed E-state index contributed by atoms with van der Waals surface area (Å²) in [6.07, 6.45) is 0. The van der Waals surface area contributed by atoms with Gasteiger partial charge < -0.3 is 15.4 Å². The van der Waals surface area contributed by atoms with Crippen molar-refractivity contribution in [2.24, 2.45) is 11.7 Å². The number of anilines is 1. The smallest absolute Gasteiger partial charge is 0.265 e. The molecule has 1 aliphatic heterocycles. The van der Waals surface area contributed by atoms with Gasteiger partial charge in [0.1, 0.15) is 5.75 Å². The van der Waals surface area contributed by atoms with Gasteiger partial charge >= 0.3 is 0 Å². The Morgan fingerprint density at radius 3 is 3.06 bits per heavy atom. The summed E-state index contributed by atoms with van der Waals surface area (Å²) in [6.45, 7) is 2.43. The molecule has 18 heavy (non-hydrogen) atoms. The van der Waals surface area contributed by atoms with Crippen LogP contribution in [0.3, 0.4) is 0 Å². The predicted octanol–water partition coefficient (Wildman–Crippen LogP) is 2.10. The first kappa shape index (κ1) is 13.3. The fourth-order valence-corrected chi connectivity index (χ4v) is 2.16. The number of nitrogens with two attached hydrogens (primary N) is 1. The minimum Gasteiger partial charge on any atom is -0.482 e. The van der Waals surface area contributed by atoms with E-state index in [-0.39, 0.29) is 18.4 Å². The molecule has 1 aliphatic rings. The van der Waals surface area contributed by atoms with Gasteiger partial charge in [0.15, 0.2) is 6.61 Å². The Labute approximate surface area is 119 Å². The number of rotatable bonds is 3. The van der Waals surface area contributed by atoms with Gasteiger partial charge in [0.2, 0.25) is 0 Å². The van der Waals surface area contributed by atoms with Crippen LogP contribution in [-0.2, 0) is 4.79 Å². The normalized spacial score (nSPS) is 15.9. The van der Waals surface area contributed by atoms with Gasteiger partial charge in [-0.3, -0.25) is 4.79 Å². The number of carbonyl (C=O) groups is 1. The molecule has 0 radical (unpaired) electrons. The van der Waals surface area contributed by atoms with Crippen LogP contribution in [0.5, 0.6) is 5.75 Å². The van der Waals surface area contributed by atoms with Gasteiger partial charge in [0.05, 0.1) is 10.7 Å². The number of thiocarbonyl (C=S) groups is 1. The van der Waals surface area contributed by atoms with Crippen molar-refractivity contribution >= 4 is 44.7 Å². The van der Waals surface area contributed by atoms with E-state index < -0.39 is 0 Å². The van der Waals surface area contributed by atoms with E-state index in [0.29, 0.717) is 17.3 Å². The molecule has 1 atom stereocenters. The van der Waals surface area contributed by atoms with Crippen LogP contribution >= 0.6 is 28.1 Å². The average Bonchev–Trinajstić information content (AvgIpc) is 2.32. The molecule has 0 aliphatic carbocycles. The molecule has 2 N–H and O–H groups in total. The first-order chi connectivity index (χ1) is 8.49. The van der Waals surface area contributed by atoms with Crippen molar-refractivity contribution in [1.29, 1.82) is 0 Å². The second kappa shape index (κ2) is 5.24. The van der Waals surface area contributed by atoms with Crippen LogP contribution < -0.4 is 15.4 Å². The van der Waals surface area contributed by atoms with Crippen molar-refractivity contribution in [2.45, 2.75) is 6.92 Å². The zero-order valence-corrected chi connectivity index (χ0v) is 12.3. The van der Waals surface area contributed by atoms with E-state index in [1.54, 1.807) is 4.90 Å². The Morgan fingerprint density at radius 1 is 1.67 bits per heavy atom. The Hall–Kier alpha value is -1.14. The maximum atomic E-state index is 11.9. The minimum absolute atomic E-state index is 0.0334. The molecule has 1 unspecified atom stereocenters. The lowest BCUT2D eigenvalue weighted by Gasteiger charge is -2.31. The van der Waals surface area contributed by atoms with Crippen LogP contribution in [0.1, 0.15) is 6.92 Å². The zero-order valence-electron chi connectivity index (χ0n) is 9.85. The van der Waals surface area contributed by atoms with Crippen molar-refractivity contribution in [3.05, 3.63) is 22.7 Å². The summed E-state index contributed by atoms with van der Waals surface area (Å²) < 4.78 is 6.28. The summed E-state index contributed by atoms with van der Waals surface area (Å²) in [5.74, 6) is 0.588. The molecule has 96 valence electrons. The molecule has 1 heterocycles. The number of nitrogens with zero attached hydrogens (tertiary/aromatic N) is 1. The molecule has 0 aromatic heterocycles. The van der Waals surface area contributed by atoms with E-state index >= 15 is 0 Å². The molecule has 0 saturated heterocycles. The number of carbonyl (C=O) groups excluding carboxylic acids is 1. The number of hydrogen-bond acceptors (Lipinski definition) is 3.